The summed E-state index contributed by atoms with van der Waals surface area (Å²) < 4.78 is 3.31. The number of nitrogens with zero attached hydrogens (tertiary/aromatic N) is 3. The lowest BCUT2D eigenvalue weighted by Crippen LogP contribution is -2.33. The van der Waals surface area contributed by atoms with E-state index in [0.717, 1.165) is 13.0 Å². The van der Waals surface area contributed by atoms with Crippen LogP contribution in [0.15, 0.2) is 59.4 Å². The van der Waals surface area contributed by atoms with Gasteiger partial charge in [-0.1, -0.05) is 41.9 Å². The lowest BCUT2D eigenvalue weighted by molar-refractivity contribution is 0.0940. The molecule has 1 aliphatic heterocycles. The van der Waals surface area contributed by atoms with Gasteiger partial charge in [-0.3, -0.25) is 14.2 Å². The molecule has 168 valence electrons. The van der Waals surface area contributed by atoms with Gasteiger partial charge in [-0.15, -0.1) is 0 Å². The molecular weight excluding hydrogens is 440 g/mol. The fourth-order valence-corrected chi connectivity index (χ4v) is 4.59. The van der Waals surface area contributed by atoms with Crippen molar-refractivity contribution in [1.29, 1.82) is 0 Å². The molecule has 1 atom stereocenters. The number of hydrogen-bond donors (Lipinski definition) is 3. The van der Waals surface area contributed by atoms with E-state index in [1.165, 1.54) is 0 Å². The maximum Gasteiger partial charge on any atom is 0.264 e. The van der Waals surface area contributed by atoms with Gasteiger partial charge in [-0.05, 0) is 43.0 Å². The van der Waals surface area contributed by atoms with Crippen molar-refractivity contribution in [1.82, 2.24) is 19.7 Å². The van der Waals surface area contributed by atoms with E-state index in [1.54, 1.807) is 21.4 Å². The fraction of sp³-hybridized carbons (Fsp3) is 0.208. The van der Waals surface area contributed by atoms with E-state index in [-0.39, 0.29) is 17.3 Å². The summed E-state index contributed by atoms with van der Waals surface area (Å²) in [6, 6.07) is 16.0. The van der Waals surface area contributed by atoms with E-state index in [4.69, 9.17) is 17.3 Å². The summed E-state index contributed by atoms with van der Waals surface area (Å²) in [6.45, 7) is 3.29. The molecule has 0 spiro atoms. The van der Waals surface area contributed by atoms with E-state index in [2.05, 4.69) is 15.7 Å². The molecule has 5 rings (SSSR count). The second-order valence-corrected chi connectivity index (χ2v) is 8.46. The molecule has 0 saturated heterocycles. The average Bonchev–Trinajstić information content (AvgIpc) is 3.15. The van der Waals surface area contributed by atoms with Crippen molar-refractivity contribution < 1.29 is 4.79 Å². The van der Waals surface area contributed by atoms with Crippen LogP contribution in [0.2, 0.25) is 5.02 Å². The molecular formula is C24H23ClN6O2. The van der Waals surface area contributed by atoms with E-state index in [9.17, 15) is 9.59 Å². The number of nitrogens with two attached hydrogens (primary N) is 1. The molecule has 4 N–H and O–H groups in total. The first-order valence-electron chi connectivity index (χ1n) is 10.8. The Kier molecular flexibility index (Phi) is 5.30. The van der Waals surface area contributed by atoms with Crippen LogP contribution in [0.1, 0.15) is 35.4 Å². The van der Waals surface area contributed by atoms with Gasteiger partial charge in [0.15, 0.2) is 5.82 Å². The highest BCUT2D eigenvalue weighted by molar-refractivity contribution is 6.35. The molecule has 0 fully saturated rings. The van der Waals surface area contributed by atoms with Crippen LogP contribution >= 0.6 is 11.6 Å². The molecule has 33 heavy (non-hydrogen) atoms. The summed E-state index contributed by atoms with van der Waals surface area (Å²) in [7, 11) is 0. The zero-order valence-electron chi connectivity index (χ0n) is 18.0. The van der Waals surface area contributed by atoms with E-state index < -0.39 is 6.04 Å². The molecule has 8 nitrogen and oxygen atoms in total. The Morgan fingerprint density at radius 3 is 2.79 bits per heavy atom. The number of fused-ring (bicyclic) bond motifs is 2. The monoisotopic (exact) mass is 462 g/mol. The van der Waals surface area contributed by atoms with Crippen LogP contribution in [0.4, 0.5) is 11.6 Å². The van der Waals surface area contributed by atoms with Gasteiger partial charge in [-0.2, -0.15) is 5.10 Å². The molecule has 2 aromatic carbocycles. The van der Waals surface area contributed by atoms with Gasteiger partial charge in [0, 0.05) is 24.5 Å². The van der Waals surface area contributed by atoms with Gasteiger partial charge < -0.3 is 16.4 Å². The van der Waals surface area contributed by atoms with Crippen molar-refractivity contribution in [3.05, 3.63) is 81.2 Å². The number of aromatic nitrogens is 3. The highest BCUT2D eigenvalue weighted by Gasteiger charge is 2.26. The highest BCUT2D eigenvalue weighted by atomic mass is 35.5. The van der Waals surface area contributed by atoms with Gasteiger partial charge >= 0.3 is 0 Å². The van der Waals surface area contributed by atoms with Crippen LogP contribution < -0.4 is 21.9 Å². The Bertz CT molecular complexity index is 1430. The SMILES string of the molecule is CC(NC(=O)c1c(N)nn2c1NCCC2)c1cc2cccc(Cl)c2c(=O)n1-c1ccccc1. The third-order valence-electron chi connectivity index (χ3n) is 5.88. The smallest absolute Gasteiger partial charge is 0.264 e. The summed E-state index contributed by atoms with van der Waals surface area (Å²) in [6.07, 6.45) is 0.911. The van der Waals surface area contributed by atoms with Gasteiger partial charge in [-0.25, -0.2) is 4.68 Å². The predicted octanol–water partition coefficient (Wildman–Crippen LogP) is 3.73. The number of aryl methyl sites for hydroxylation is 1. The average molecular weight is 463 g/mol. The van der Waals surface area contributed by atoms with Crippen LogP contribution in [0.3, 0.4) is 0 Å². The number of anilines is 2. The summed E-state index contributed by atoms with van der Waals surface area (Å²) in [4.78, 5) is 26.8. The summed E-state index contributed by atoms with van der Waals surface area (Å²) in [5.41, 5.74) is 7.45. The number of nitrogen functional groups attached to an aromatic ring is 1. The lowest BCUT2D eigenvalue weighted by atomic mass is 10.1. The molecule has 1 amide bonds. The van der Waals surface area contributed by atoms with Crippen molar-refractivity contribution in [2.45, 2.75) is 25.9 Å². The Hall–Kier alpha value is -3.78. The Balaban J connectivity index is 1.60. The summed E-state index contributed by atoms with van der Waals surface area (Å²) in [5.74, 6) is 0.443. The highest BCUT2D eigenvalue weighted by Crippen LogP contribution is 2.28. The van der Waals surface area contributed by atoms with Gasteiger partial charge in [0.25, 0.3) is 11.5 Å². The standard InChI is InChI=1S/C24H23ClN6O2/c1-14(28-23(32)20-21(26)29-30-12-6-11-27-22(20)30)18-13-15-7-5-10-17(25)19(15)24(33)31(18)16-8-3-2-4-9-16/h2-5,7-10,13-14,27H,6,11-12H2,1H3,(H2,26,29)(H,28,32). The van der Waals surface area contributed by atoms with Crippen molar-refractivity contribution >= 4 is 39.9 Å². The molecule has 9 heteroatoms. The second-order valence-electron chi connectivity index (χ2n) is 8.06. The van der Waals surface area contributed by atoms with Crippen LogP contribution in [0.25, 0.3) is 16.5 Å². The number of pyridine rings is 1. The van der Waals surface area contributed by atoms with Crippen LogP contribution in [-0.4, -0.2) is 26.8 Å². The Labute approximate surface area is 195 Å². The largest absolute Gasteiger partial charge is 0.381 e. The van der Waals surface area contributed by atoms with Crippen LogP contribution in [0.5, 0.6) is 0 Å². The maximum atomic E-state index is 13.6. The summed E-state index contributed by atoms with van der Waals surface area (Å²) in [5, 5.41) is 12.0. The van der Waals surface area contributed by atoms with Crippen molar-refractivity contribution in [2.75, 3.05) is 17.6 Å². The minimum atomic E-state index is -0.507. The third-order valence-corrected chi connectivity index (χ3v) is 6.19. The molecule has 1 unspecified atom stereocenters. The number of nitrogens with one attached hydrogen (secondary N) is 2. The van der Waals surface area contributed by atoms with Crippen molar-refractivity contribution in [3.8, 4) is 5.69 Å². The first-order chi connectivity index (χ1) is 16.0. The second kappa shape index (κ2) is 8.29. The molecule has 0 radical (unpaired) electrons. The molecule has 0 saturated carbocycles. The maximum absolute atomic E-state index is 13.6. The van der Waals surface area contributed by atoms with E-state index >= 15 is 0 Å². The van der Waals surface area contributed by atoms with Crippen molar-refractivity contribution in [3.63, 3.8) is 0 Å². The van der Waals surface area contributed by atoms with Gasteiger partial charge in [0.2, 0.25) is 0 Å². The minimum Gasteiger partial charge on any atom is -0.381 e. The van der Waals surface area contributed by atoms with E-state index in [0.29, 0.717) is 45.1 Å². The predicted molar refractivity (Wildman–Crippen MR) is 130 cm³/mol. The topological polar surface area (TPSA) is 107 Å². The number of amides is 1. The zero-order valence-corrected chi connectivity index (χ0v) is 18.8. The number of hydrogen-bond acceptors (Lipinski definition) is 5. The van der Waals surface area contributed by atoms with Crippen LogP contribution in [-0.2, 0) is 6.54 Å². The fourth-order valence-electron chi connectivity index (χ4n) is 4.33. The van der Waals surface area contributed by atoms with Crippen LogP contribution in [0, 0.1) is 0 Å². The summed E-state index contributed by atoms with van der Waals surface area (Å²) >= 11 is 6.38. The number of carbonyl (C=O) groups excluding carboxylic acids is 1. The van der Waals surface area contributed by atoms with Crippen molar-refractivity contribution in [2.24, 2.45) is 0 Å². The quantitative estimate of drug-likeness (QED) is 0.428. The first-order valence-corrected chi connectivity index (χ1v) is 11.1. The molecule has 2 aromatic heterocycles. The zero-order chi connectivity index (χ0) is 23.1. The van der Waals surface area contributed by atoms with Gasteiger partial charge in [0.05, 0.1) is 16.5 Å². The number of halogens is 1. The van der Waals surface area contributed by atoms with E-state index in [1.807, 2.05) is 49.4 Å². The Morgan fingerprint density at radius 1 is 1.21 bits per heavy atom. The normalized spacial score (nSPS) is 13.9. The number of benzene rings is 2. The molecule has 3 heterocycles. The lowest BCUT2D eigenvalue weighted by Gasteiger charge is -2.22. The van der Waals surface area contributed by atoms with Gasteiger partial charge in [0.1, 0.15) is 11.4 Å². The third kappa shape index (κ3) is 3.62. The molecule has 4 aromatic rings. The molecule has 0 aliphatic carbocycles. The molecule has 1 aliphatic rings. The Morgan fingerprint density at radius 2 is 2.00 bits per heavy atom. The minimum absolute atomic E-state index is 0.176. The first kappa shape index (κ1) is 21.1. The molecule has 0 bridgehead atoms. The number of rotatable bonds is 4. The number of para-hydroxylation sites is 1. The number of carbonyl (C=O) groups is 1.